The molecule has 3 aromatic rings. The lowest BCUT2D eigenvalue weighted by Crippen LogP contribution is -2.36. The SMILES string of the molecule is O=C(CNC(=O)C1COc2ccccc21)Nc1cccc2cccnc12. The molecule has 2 aromatic carbocycles. The number of nitrogens with one attached hydrogen (secondary N) is 2. The molecular formula is C20H17N3O3. The molecule has 2 amide bonds. The third-order valence-corrected chi connectivity index (χ3v) is 4.35. The molecule has 1 aliphatic heterocycles. The zero-order valence-corrected chi connectivity index (χ0v) is 13.9. The number of hydrogen-bond acceptors (Lipinski definition) is 4. The zero-order chi connectivity index (χ0) is 17.9. The number of ether oxygens (including phenoxy) is 1. The Morgan fingerprint density at radius 3 is 2.85 bits per heavy atom. The van der Waals surface area contributed by atoms with E-state index in [0.29, 0.717) is 17.8 Å². The molecule has 0 saturated heterocycles. The summed E-state index contributed by atoms with van der Waals surface area (Å²) in [5.41, 5.74) is 2.19. The van der Waals surface area contributed by atoms with E-state index in [1.165, 1.54) is 0 Å². The van der Waals surface area contributed by atoms with Gasteiger partial charge >= 0.3 is 0 Å². The third-order valence-electron chi connectivity index (χ3n) is 4.35. The van der Waals surface area contributed by atoms with E-state index < -0.39 is 5.92 Å². The largest absolute Gasteiger partial charge is 0.492 e. The normalized spacial score (nSPS) is 15.2. The number of fused-ring (bicyclic) bond motifs is 2. The van der Waals surface area contributed by atoms with E-state index in [1.807, 2.05) is 48.5 Å². The number of pyridine rings is 1. The molecule has 26 heavy (non-hydrogen) atoms. The van der Waals surface area contributed by atoms with E-state index in [1.54, 1.807) is 12.3 Å². The van der Waals surface area contributed by atoms with Crippen molar-refractivity contribution < 1.29 is 14.3 Å². The molecule has 1 aliphatic rings. The first-order valence-corrected chi connectivity index (χ1v) is 8.35. The maximum Gasteiger partial charge on any atom is 0.243 e. The number of rotatable bonds is 4. The smallest absolute Gasteiger partial charge is 0.243 e. The van der Waals surface area contributed by atoms with Gasteiger partial charge in [-0.05, 0) is 18.2 Å². The molecule has 4 rings (SSSR count). The van der Waals surface area contributed by atoms with Crippen LogP contribution in [0.15, 0.2) is 60.8 Å². The predicted octanol–water partition coefficient (Wildman–Crippen LogP) is 2.47. The van der Waals surface area contributed by atoms with Crippen LogP contribution in [0.1, 0.15) is 11.5 Å². The molecule has 2 N–H and O–H groups in total. The van der Waals surface area contributed by atoms with Gasteiger partial charge in [0.2, 0.25) is 11.8 Å². The molecule has 0 aliphatic carbocycles. The summed E-state index contributed by atoms with van der Waals surface area (Å²) in [5.74, 6) is -0.193. The fourth-order valence-corrected chi connectivity index (χ4v) is 3.07. The molecule has 0 spiro atoms. The van der Waals surface area contributed by atoms with E-state index in [-0.39, 0.29) is 18.4 Å². The number of anilines is 1. The zero-order valence-electron chi connectivity index (χ0n) is 13.9. The van der Waals surface area contributed by atoms with Crippen LogP contribution >= 0.6 is 0 Å². The minimum absolute atomic E-state index is 0.110. The van der Waals surface area contributed by atoms with E-state index >= 15 is 0 Å². The fraction of sp³-hybridized carbons (Fsp3) is 0.150. The van der Waals surface area contributed by atoms with Crippen LogP contribution in [-0.2, 0) is 9.59 Å². The third kappa shape index (κ3) is 3.09. The van der Waals surface area contributed by atoms with Crippen LogP contribution in [0.25, 0.3) is 10.9 Å². The summed E-state index contributed by atoms with van der Waals surface area (Å²) < 4.78 is 5.51. The van der Waals surface area contributed by atoms with Crippen molar-refractivity contribution in [2.24, 2.45) is 0 Å². The minimum atomic E-state index is -0.391. The summed E-state index contributed by atoms with van der Waals surface area (Å²) in [7, 11) is 0. The molecule has 0 bridgehead atoms. The van der Waals surface area contributed by atoms with Gasteiger partial charge in [-0.15, -0.1) is 0 Å². The Morgan fingerprint density at radius 1 is 1.08 bits per heavy atom. The topological polar surface area (TPSA) is 80.3 Å². The monoisotopic (exact) mass is 347 g/mol. The predicted molar refractivity (Wildman–Crippen MR) is 98.1 cm³/mol. The molecule has 1 unspecified atom stereocenters. The van der Waals surface area contributed by atoms with Crippen LogP contribution in [0, 0.1) is 0 Å². The minimum Gasteiger partial charge on any atom is -0.492 e. The Labute approximate surface area is 150 Å². The van der Waals surface area contributed by atoms with Crippen molar-refractivity contribution in [3.63, 3.8) is 0 Å². The summed E-state index contributed by atoms with van der Waals surface area (Å²) in [6, 6.07) is 16.8. The van der Waals surface area contributed by atoms with Gasteiger partial charge in [-0.25, -0.2) is 0 Å². The maximum atomic E-state index is 12.4. The first-order valence-electron chi connectivity index (χ1n) is 8.35. The van der Waals surface area contributed by atoms with Crippen molar-refractivity contribution in [2.45, 2.75) is 5.92 Å². The van der Waals surface area contributed by atoms with Gasteiger partial charge in [0.1, 0.15) is 18.3 Å². The van der Waals surface area contributed by atoms with Crippen molar-refractivity contribution >= 4 is 28.4 Å². The van der Waals surface area contributed by atoms with Crippen molar-refractivity contribution in [3.05, 3.63) is 66.4 Å². The number of nitrogens with zero attached hydrogens (tertiary/aromatic N) is 1. The number of hydrogen-bond donors (Lipinski definition) is 2. The molecule has 6 heteroatoms. The number of carbonyl (C=O) groups is 2. The van der Waals surface area contributed by atoms with Gasteiger partial charge in [0.15, 0.2) is 0 Å². The Balaban J connectivity index is 1.39. The fourth-order valence-electron chi connectivity index (χ4n) is 3.07. The summed E-state index contributed by atoms with van der Waals surface area (Å²) >= 11 is 0. The van der Waals surface area contributed by atoms with Crippen LogP contribution in [0.3, 0.4) is 0 Å². The average Bonchev–Trinajstić information content (AvgIpc) is 3.11. The van der Waals surface area contributed by atoms with Gasteiger partial charge in [0, 0.05) is 17.1 Å². The van der Waals surface area contributed by atoms with E-state index in [9.17, 15) is 9.59 Å². The molecule has 0 saturated carbocycles. The number of aromatic nitrogens is 1. The highest BCUT2D eigenvalue weighted by molar-refractivity contribution is 6.02. The molecule has 1 aromatic heterocycles. The number of para-hydroxylation sites is 2. The average molecular weight is 347 g/mol. The summed E-state index contributed by atoms with van der Waals surface area (Å²) in [6.45, 7) is 0.181. The second kappa shape index (κ2) is 6.84. The van der Waals surface area contributed by atoms with Gasteiger partial charge in [-0.3, -0.25) is 14.6 Å². The molecule has 6 nitrogen and oxygen atoms in total. The van der Waals surface area contributed by atoms with Crippen molar-refractivity contribution in [1.29, 1.82) is 0 Å². The summed E-state index contributed by atoms with van der Waals surface area (Å²) in [5, 5.41) is 6.42. The van der Waals surface area contributed by atoms with E-state index in [4.69, 9.17) is 4.74 Å². The van der Waals surface area contributed by atoms with Crippen molar-refractivity contribution in [1.82, 2.24) is 10.3 Å². The summed E-state index contributed by atoms with van der Waals surface area (Å²) in [4.78, 5) is 28.9. The Hall–Kier alpha value is -3.41. The van der Waals surface area contributed by atoms with Crippen LogP contribution in [0.2, 0.25) is 0 Å². The number of amides is 2. The molecule has 0 fully saturated rings. The highest BCUT2D eigenvalue weighted by atomic mass is 16.5. The Kier molecular flexibility index (Phi) is 4.23. The maximum absolute atomic E-state index is 12.4. The van der Waals surface area contributed by atoms with Gasteiger partial charge in [-0.2, -0.15) is 0 Å². The standard InChI is InChI=1S/C20H17N3O3/c24-18(23-16-8-3-5-13-6-4-10-21-19(13)16)11-22-20(25)15-12-26-17-9-2-1-7-14(15)17/h1-10,15H,11-12H2,(H,22,25)(H,23,24). The van der Waals surface area contributed by atoms with E-state index in [0.717, 1.165) is 16.7 Å². The lowest BCUT2D eigenvalue weighted by atomic mass is 10.0. The molecule has 130 valence electrons. The lowest BCUT2D eigenvalue weighted by Gasteiger charge is -2.11. The van der Waals surface area contributed by atoms with Crippen LogP contribution in [-0.4, -0.2) is 29.9 Å². The highest BCUT2D eigenvalue weighted by Gasteiger charge is 2.30. The second-order valence-corrected chi connectivity index (χ2v) is 6.05. The first kappa shape index (κ1) is 16.1. The van der Waals surface area contributed by atoms with Crippen molar-refractivity contribution in [3.8, 4) is 5.75 Å². The quantitative estimate of drug-likeness (QED) is 0.760. The highest BCUT2D eigenvalue weighted by Crippen LogP contribution is 2.33. The van der Waals surface area contributed by atoms with Crippen LogP contribution in [0.5, 0.6) is 5.75 Å². The van der Waals surface area contributed by atoms with Gasteiger partial charge < -0.3 is 15.4 Å². The van der Waals surface area contributed by atoms with Crippen molar-refractivity contribution in [2.75, 3.05) is 18.5 Å². The van der Waals surface area contributed by atoms with Crippen LogP contribution < -0.4 is 15.4 Å². The first-order chi connectivity index (χ1) is 12.7. The van der Waals surface area contributed by atoms with Gasteiger partial charge in [0.05, 0.1) is 17.7 Å². The van der Waals surface area contributed by atoms with Gasteiger partial charge in [-0.1, -0.05) is 36.4 Å². The van der Waals surface area contributed by atoms with E-state index in [2.05, 4.69) is 15.6 Å². The molecular weight excluding hydrogens is 330 g/mol. The molecule has 2 heterocycles. The van der Waals surface area contributed by atoms with Crippen LogP contribution in [0.4, 0.5) is 5.69 Å². The lowest BCUT2D eigenvalue weighted by molar-refractivity contribution is -0.125. The second-order valence-electron chi connectivity index (χ2n) is 6.05. The number of benzene rings is 2. The van der Waals surface area contributed by atoms with Gasteiger partial charge in [0.25, 0.3) is 0 Å². The Morgan fingerprint density at radius 2 is 1.92 bits per heavy atom. The number of carbonyl (C=O) groups excluding carboxylic acids is 2. The Bertz CT molecular complexity index is 981. The molecule has 0 radical (unpaired) electrons. The summed E-state index contributed by atoms with van der Waals surface area (Å²) in [6.07, 6.45) is 1.68. The molecule has 1 atom stereocenters.